The number of rotatable bonds is 7. The van der Waals surface area contributed by atoms with Crippen LogP contribution in [0, 0.1) is 5.82 Å². The monoisotopic (exact) mass is 446 g/mol. The Morgan fingerprint density at radius 1 is 1.18 bits per heavy atom. The molecule has 0 aliphatic carbocycles. The van der Waals surface area contributed by atoms with Crippen LogP contribution >= 0.6 is 23.2 Å². The number of hydrogen-bond donors (Lipinski definition) is 1. The third-order valence-corrected chi connectivity index (χ3v) is 5.92. The number of carbonyl (C=O) groups excluding carboxylic acids is 1. The van der Waals surface area contributed by atoms with Gasteiger partial charge in [-0.2, -0.15) is 0 Å². The molecule has 9 heteroatoms. The number of carbonyl (C=O) groups is 1. The number of sulfonamides is 1. The Morgan fingerprint density at radius 2 is 1.79 bits per heavy atom. The number of anilines is 1. The number of benzene rings is 2. The maximum absolute atomic E-state index is 13.1. The molecule has 5 nitrogen and oxygen atoms in total. The van der Waals surface area contributed by atoms with Gasteiger partial charge in [-0.3, -0.25) is 9.10 Å². The van der Waals surface area contributed by atoms with Gasteiger partial charge < -0.3 is 5.32 Å². The zero-order valence-electron chi connectivity index (χ0n) is 15.6. The lowest BCUT2D eigenvalue weighted by Gasteiger charge is -2.31. The van der Waals surface area contributed by atoms with Gasteiger partial charge in [0.15, 0.2) is 0 Å². The van der Waals surface area contributed by atoms with Crippen molar-refractivity contribution in [2.24, 2.45) is 0 Å². The maximum atomic E-state index is 13.1. The van der Waals surface area contributed by atoms with Crippen molar-refractivity contribution in [1.82, 2.24) is 5.32 Å². The van der Waals surface area contributed by atoms with Crippen molar-refractivity contribution in [1.29, 1.82) is 0 Å². The number of halogens is 3. The fraction of sp³-hybridized carbons (Fsp3) is 0.316. The number of nitrogens with one attached hydrogen (secondary N) is 1. The van der Waals surface area contributed by atoms with Crippen molar-refractivity contribution >= 4 is 44.8 Å². The standard InChI is InChI=1S/C19H21Cl2FN2O3S/c1-4-17(19(25)23-12(2)13-5-8-15(22)9-6-13)24(28(3,26)27)18-11-14(20)7-10-16(18)21/h5-12,17H,4H2,1-3H3,(H,23,25)/t12-,17-/m1/s1. The third-order valence-electron chi connectivity index (χ3n) is 4.20. The molecule has 0 radical (unpaired) electrons. The molecule has 0 aliphatic heterocycles. The summed E-state index contributed by atoms with van der Waals surface area (Å²) in [6.07, 6.45) is 1.21. The maximum Gasteiger partial charge on any atom is 0.244 e. The van der Waals surface area contributed by atoms with Crippen LogP contribution in [0.3, 0.4) is 0 Å². The minimum atomic E-state index is -3.84. The summed E-state index contributed by atoms with van der Waals surface area (Å²) < 4.78 is 39.1. The van der Waals surface area contributed by atoms with Crippen LogP contribution in [0.1, 0.15) is 31.9 Å². The first-order valence-corrected chi connectivity index (χ1v) is 11.1. The lowest BCUT2D eigenvalue weighted by Crippen LogP contribution is -2.49. The molecule has 0 bridgehead atoms. The molecule has 0 aromatic heterocycles. The van der Waals surface area contributed by atoms with E-state index in [1.165, 1.54) is 30.3 Å². The largest absolute Gasteiger partial charge is 0.348 e. The molecule has 152 valence electrons. The summed E-state index contributed by atoms with van der Waals surface area (Å²) in [4.78, 5) is 12.9. The summed E-state index contributed by atoms with van der Waals surface area (Å²) in [5, 5.41) is 3.23. The second-order valence-corrected chi connectivity index (χ2v) is 9.06. The molecule has 0 unspecified atom stereocenters. The highest BCUT2D eigenvalue weighted by Crippen LogP contribution is 2.33. The molecule has 2 aromatic rings. The molecule has 1 N–H and O–H groups in total. The van der Waals surface area contributed by atoms with Gasteiger partial charge in [0.1, 0.15) is 11.9 Å². The minimum absolute atomic E-state index is 0.133. The van der Waals surface area contributed by atoms with Crippen LogP contribution in [0.15, 0.2) is 42.5 Å². The third kappa shape index (κ3) is 5.37. The summed E-state index contributed by atoms with van der Waals surface area (Å²) in [5.74, 6) is -0.881. The van der Waals surface area contributed by atoms with E-state index in [0.717, 1.165) is 10.6 Å². The highest BCUT2D eigenvalue weighted by Gasteiger charge is 2.33. The highest BCUT2D eigenvalue weighted by atomic mass is 35.5. The molecule has 0 fully saturated rings. The summed E-state index contributed by atoms with van der Waals surface area (Å²) in [7, 11) is -3.84. The van der Waals surface area contributed by atoms with Gasteiger partial charge in [-0.15, -0.1) is 0 Å². The zero-order valence-corrected chi connectivity index (χ0v) is 17.9. The van der Waals surface area contributed by atoms with Crippen LogP contribution < -0.4 is 9.62 Å². The Kier molecular flexibility index (Phi) is 7.31. The fourth-order valence-electron chi connectivity index (χ4n) is 2.83. The van der Waals surface area contributed by atoms with Crippen LogP contribution in [-0.2, 0) is 14.8 Å². The van der Waals surface area contributed by atoms with E-state index in [-0.39, 0.29) is 22.9 Å². The predicted octanol–water partition coefficient (Wildman–Crippen LogP) is 4.55. The molecule has 0 saturated heterocycles. The number of amides is 1. The summed E-state index contributed by atoms with van der Waals surface area (Å²) in [6, 6.07) is 8.65. The Balaban J connectivity index is 2.36. The molecular weight excluding hydrogens is 426 g/mol. The van der Waals surface area contributed by atoms with Crippen molar-refractivity contribution in [3.63, 3.8) is 0 Å². The van der Waals surface area contributed by atoms with Gasteiger partial charge in [0.2, 0.25) is 15.9 Å². The fourth-order valence-corrected chi connectivity index (χ4v) is 4.47. The van der Waals surface area contributed by atoms with E-state index in [1.54, 1.807) is 26.0 Å². The molecule has 28 heavy (non-hydrogen) atoms. The van der Waals surface area contributed by atoms with Gasteiger partial charge in [0, 0.05) is 5.02 Å². The predicted molar refractivity (Wildman–Crippen MR) is 111 cm³/mol. The molecule has 0 saturated carbocycles. The van der Waals surface area contributed by atoms with Gasteiger partial charge in [-0.1, -0.05) is 42.3 Å². The first-order valence-electron chi connectivity index (χ1n) is 8.55. The van der Waals surface area contributed by atoms with Gasteiger partial charge in [0.25, 0.3) is 0 Å². The molecule has 2 rings (SSSR count). The van der Waals surface area contributed by atoms with Crippen molar-refractivity contribution in [2.75, 3.05) is 10.6 Å². The molecule has 0 heterocycles. The zero-order chi connectivity index (χ0) is 21.1. The Labute approximate surface area is 174 Å². The highest BCUT2D eigenvalue weighted by molar-refractivity contribution is 7.92. The molecule has 0 aliphatic rings. The van der Waals surface area contributed by atoms with Gasteiger partial charge in [-0.05, 0) is 49.2 Å². The molecule has 2 aromatic carbocycles. The summed E-state index contributed by atoms with van der Waals surface area (Å²) in [5.41, 5.74) is 0.824. The Bertz CT molecular complexity index is 952. The second-order valence-electron chi connectivity index (χ2n) is 6.36. The smallest absolute Gasteiger partial charge is 0.244 e. The molecule has 0 spiro atoms. The summed E-state index contributed by atoms with van der Waals surface area (Å²) >= 11 is 12.2. The topological polar surface area (TPSA) is 66.5 Å². The quantitative estimate of drug-likeness (QED) is 0.677. The Hall–Kier alpha value is -1.83. The van der Waals surface area contributed by atoms with E-state index in [0.29, 0.717) is 10.6 Å². The van der Waals surface area contributed by atoms with Crippen molar-refractivity contribution in [2.45, 2.75) is 32.4 Å². The molecule has 2 atom stereocenters. The van der Waals surface area contributed by atoms with E-state index in [1.807, 2.05) is 0 Å². The van der Waals surface area contributed by atoms with Crippen LogP contribution in [-0.4, -0.2) is 26.6 Å². The van der Waals surface area contributed by atoms with E-state index < -0.39 is 28.0 Å². The molecular formula is C19H21Cl2FN2O3S. The lowest BCUT2D eigenvalue weighted by atomic mass is 10.1. The number of nitrogens with zero attached hydrogens (tertiary/aromatic N) is 1. The van der Waals surface area contributed by atoms with Gasteiger partial charge >= 0.3 is 0 Å². The average molecular weight is 447 g/mol. The molecule has 1 amide bonds. The van der Waals surface area contributed by atoms with Crippen LogP contribution in [0.2, 0.25) is 10.0 Å². The van der Waals surface area contributed by atoms with Crippen molar-refractivity contribution < 1.29 is 17.6 Å². The van der Waals surface area contributed by atoms with Gasteiger partial charge in [0.05, 0.1) is 23.0 Å². The first kappa shape index (κ1) is 22.5. The Morgan fingerprint density at radius 3 is 2.32 bits per heavy atom. The minimum Gasteiger partial charge on any atom is -0.348 e. The van der Waals surface area contributed by atoms with Crippen molar-refractivity contribution in [3.8, 4) is 0 Å². The van der Waals surface area contributed by atoms with Crippen molar-refractivity contribution in [3.05, 3.63) is 63.9 Å². The van der Waals surface area contributed by atoms with E-state index in [2.05, 4.69) is 5.32 Å². The average Bonchev–Trinajstić information content (AvgIpc) is 2.61. The first-order chi connectivity index (χ1) is 13.0. The lowest BCUT2D eigenvalue weighted by molar-refractivity contribution is -0.122. The van der Waals surface area contributed by atoms with Crippen LogP contribution in [0.5, 0.6) is 0 Å². The SMILES string of the molecule is CC[C@H](C(=O)N[C@H](C)c1ccc(F)cc1)N(c1cc(Cl)ccc1Cl)S(C)(=O)=O. The van der Waals surface area contributed by atoms with Gasteiger partial charge in [-0.25, -0.2) is 12.8 Å². The second kappa shape index (κ2) is 9.11. The van der Waals surface area contributed by atoms with Crippen LogP contribution in [0.25, 0.3) is 0 Å². The van der Waals surface area contributed by atoms with E-state index >= 15 is 0 Å². The summed E-state index contributed by atoms with van der Waals surface area (Å²) in [6.45, 7) is 3.43. The van der Waals surface area contributed by atoms with Crippen LogP contribution in [0.4, 0.5) is 10.1 Å². The van der Waals surface area contributed by atoms with E-state index in [9.17, 15) is 17.6 Å². The number of hydrogen-bond acceptors (Lipinski definition) is 3. The normalized spacial score (nSPS) is 13.6. The van der Waals surface area contributed by atoms with E-state index in [4.69, 9.17) is 23.2 Å².